The maximum atomic E-state index is 10.6. The number of carboxylic acids is 1. The van der Waals surface area contributed by atoms with Crippen LogP contribution < -0.4 is 10.5 Å². The first-order valence-electron chi connectivity index (χ1n) is 6.66. The van der Waals surface area contributed by atoms with Gasteiger partial charge in [0.25, 0.3) is 0 Å². The maximum absolute atomic E-state index is 10.6. The van der Waals surface area contributed by atoms with Crippen molar-refractivity contribution in [2.75, 3.05) is 7.11 Å². The van der Waals surface area contributed by atoms with Crippen LogP contribution in [-0.4, -0.2) is 18.2 Å². The van der Waals surface area contributed by atoms with Crippen LogP contribution >= 0.6 is 0 Å². The summed E-state index contributed by atoms with van der Waals surface area (Å²) in [5.41, 5.74) is 7.21. The van der Waals surface area contributed by atoms with Gasteiger partial charge in [-0.1, -0.05) is 30.3 Å². The summed E-state index contributed by atoms with van der Waals surface area (Å²) in [6, 6.07) is 11.7. The van der Waals surface area contributed by atoms with Crippen LogP contribution in [0.25, 0.3) is 10.8 Å². The quantitative estimate of drug-likeness (QED) is 0.848. The molecule has 0 radical (unpaired) electrons. The minimum Gasteiger partial charge on any atom is -0.496 e. The molecule has 0 saturated carbocycles. The van der Waals surface area contributed by atoms with Crippen molar-refractivity contribution in [2.45, 2.75) is 25.3 Å². The fourth-order valence-corrected chi connectivity index (χ4v) is 2.45. The number of carbonyl (C=O) groups is 1. The Labute approximate surface area is 118 Å². The van der Waals surface area contributed by atoms with Crippen LogP contribution in [0.3, 0.4) is 0 Å². The molecule has 0 saturated heterocycles. The van der Waals surface area contributed by atoms with E-state index in [9.17, 15) is 4.79 Å². The van der Waals surface area contributed by atoms with E-state index in [0.29, 0.717) is 12.8 Å². The molecule has 0 aliphatic heterocycles. The summed E-state index contributed by atoms with van der Waals surface area (Å²) in [7, 11) is 1.62. The third kappa shape index (κ3) is 3.08. The normalized spacial score (nSPS) is 12.3. The van der Waals surface area contributed by atoms with Gasteiger partial charge in [-0.2, -0.15) is 0 Å². The SMILES string of the molecule is COc1ccc2ccccc2c1C(N)CCCC(=O)O. The summed E-state index contributed by atoms with van der Waals surface area (Å²) in [6.07, 6.45) is 1.32. The summed E-state index contributed by atoms with van der Waals surface area (Å²) in [5.74, 6) is -0.0337. The number of hydrogen-bond donors (Lipinski definition) is 2. The average molecular weight is 273 g/mol. The summed E-state index contributed by atoms with van der Waals surface area (Å²) >= 11 is 0. The van der Waals surface area contributed by atoms with E-state index in [1.165, 1.54) is 0 Å². The van der Waals surface area contributed by atoms with Crippen molar-refractivity contribution in [3.63, 3.8) is 0 Å². The summed E-state index contributed by atoms with van der Waals surface area (Å²) in [4.78, 5) is 10.6. The number of rotatable bonds is 6. The van der Waals surface area contributed by atoms with Gasteiger partial charge in [0.05, 0.1) is 7.11 Å². The maximum Gasteiger partial charge on any atom is 0.303 e. The molecule has 3 N–H and O–H groups in total. The lowest BCUT2D eigenvalue weighted by Crippen LogP contribution is -2.13. The van der Waals surface area contributed by atoms with E-state index in [4.69, 9.17) is 15.6 Å². The highest BCUT2D eigenvalue weighted by Crippen LogP contribution is 2.33. The lowest BCUT2D eigenvalue weighted by molar-refractivity contribution is -0.137. The molecule has 0 aromatic heterocycles. The monoisotopic (exact) mass is 273 g/mol. The van der Waals surface area contributed by atoms with Gasteiger partial charge in [-0.15, -0.1) is 0 Å². The molecule has 0 amide bonds. The van der Waals surface area contributed by atoms with Gasteiger partial charge in [0.2, 0.25) is 0 Å². The van der Waals surface area contributed by atoms with Crippen LogP contribution in [0.15, 0.2) is 36.4 Å². The Bertz CT molecular complexity index is 610. The van der Waals surface area contributed by atoms with E-state index in [1.54, 1.807) is 7.11 Å². The van der Waals surface area contributed by atoms with Crippen molar-refractivity contribution in [3.8, 4) is 5.75 Å². The molecule has 0 aliphatic rings. The minimum atomic E-state index is -0.790. The molecule has 106 valence electrons. The second-order valence-electron chi connectivity index (χ2n) is 4.80. The van der Waals surface area contributed by atoms with Gasteiger partial charge in [-0.25, -0.2) is 0 Å². The molecule has 1 unspecified atom stereocenters. The van der Waals surface area contributed by atoms with Gasteiger partial charge in [0.1, 0.15) is 5.75 Å². The number of methoxy groups -OCH3 is 1. The number of hydrogen-bond acceptors (Lipinski definition) is 3. The van der Waals surface area contributed by atoms with Gasteiger partial charge in [0.15, 0.2) is 0 Å². The minimum absolute atomic E-state index is 0.140. The molecule has 2 aromatic carbocycles. The van der Waals surface area contributed by atoms with E-state index in [0.717, 1.165) is 22.1 Å². The second kappa shape index (κ2) is 6.39. The van der Waals surface area contributed by atoms with Crippen LogP contribution in [0.2, 0.25) is 0 Å². The predicted molar refractivity (Wildman–Crippen MR) is 78.9 cm³/mol. The lowest BCUT2D eigenvalue weighted by Gasteiger charge is -2.18. The number of benzene rings is 2. The summed E-state index contributed by atoms with van der Waals surface area (Å²) in [5, 5.41) is 10.9. The largest absolute Gasteiger partial charge is 0.496 e. The highest BCUT2D eigenvalue weighted by Gasteiger charge is 2.15. The molecular formula is C16H19NO3. The van der Waals surface area contributed by atoms with Crippen LogP contribution in [0, 0.1) is 0 Å². The molecule has 0 heterocycles. The van der Waals surface area contributed by atoms with E-state index >= 15 is 0 Å². The van der Waals surface area contributed by atoms with Crippen LogP contribution in [0.5, 0.6) is 5.75 Å². The van der Waals surface area contributed by atoms with Gasteiger partial charge < -0.3 is 15.6 Å². The Kier molecular flexibility index (Phi) is 4.58. The third-order valence-corrected chi connectivity index (χ3v) is 3.43. The Morgan fingerprint density at radius 3 is 2.75 bits per heavy atom. The van der Waals surface area contributed by atoms with Gasteiger partial charge in [-0.3, -0.25) is 4.79 Å². The van der Waals surface area contributed by atoms with Gasteiger partial charge in [0, 0.05) is 18.0 Å². The predicted octanol–water partition coefficient (Wildman–Crippen LogP) is 3.10. The number of ether oxygens (including phenoxy) is 1. The van der Waals surface area contributed by atoms with E-state index < -0.39 is 5.97 Å². The fraction of sp³-hybridized carbons (Fsp3) is 0.312. The molecule has 2 rings (SSSR count). The second-order valence-corrected chi connectivity index (χ2v) is 4.80. The molecule has 20 heavy (non-hydrogen) atoms. The molecule has 1 atom stereocenters. The molecule has 0 spiro atoms. The lowest BCUT2D eigenvalue weighted by atomic mass is 9.95. The standard InChI is InChI=1S/C16H19NO3/c1-20-14-10-9-11-5-2-3-6-12(11)16(14)13(17)7-4-8-15(18)19/h2-3,5-6,9-10,13H,4,7-8,17H2,1H3,(H,18,19). The highest BCUT2D eigenvalue weighted by molar-refractivity contribution is 5.88. The highest BCUT2D eigenvalue weighted by atomic mass is 16.5. The van der Waals surface area contributed by atoms with Crippen LogP contribution in [0.1, 0.15) is 30.9 Å². The Hall–Kier alpha value is -2.07. The van der Waals surface area contributed by atoms with Crippen molar-refractivity contribution in [3.05, 3.63) is 42.0 Å². The Morgan fingerprint density at radius 2 is 2.05 bits per heavy atom. The van der Waals surface area contributed by atoms with Crippen LogP contribution in [0.4, 0.5) is 0 Å². The molecule has 0 aliphatic carbocycles. The Morgan fingerprint density at radius 1 is 1.30 bits per heavy atom. The van der Waals surface area contributed by atoms with Gasteiger partial charge >= 0.3 is 5.97 Å². The first kappa shape index (κ1) is 14.3. The zero-order valence-corrected chi connectivity index (χ0v) is 11.5. The van der Waals surface area contributed by atoms with Crippen LogP contribution in [-0.2, 0) is 4.79 Å². The number of fused-ring (bicyclic) bond motifs is 1. The molecule has 0 bridgehead atoms. The Balaban J connectivity index is 2.32. The fourth-order valence-electron chi connectivity index (χ4n) is 2.45. The van der Waals surface area contributed by atoms with E-state index in [2.05, 4.69) is 0 Å². The van der Waals surface area contributed by atoms with Crippen molar-refractivity contribution in [1.82, 2.24) is 0 Å². The molecule has 4 heteroatoms. The van der Waals surface area contributed by atoms with E-state index in [-0.39, 0.29) is 12.5 Å². The smallest absolute Gasteiger partial charge is 0.303 e. The number of aliphatic carboxylic acids is 1. The molecular weight excluding hydrogens is 254 g/mol. The number of carboxylic acid groups (broad SMARTS) is 1. The molecule has 0 fully saturated rings. The van der Waals surface area contributed by atoms with Gasteiger partial charge in [-0.05, 0) is 29.7 Å². The van der Waals surface area contributed by atoms with Crippen molar-refractivity contribution in [2.24, 2.45) is 5.73 Å². The zero-order valence-electron chi connectivity index (χ0n) is 11.5. The first-order valence-corrected chi connectivity index (χ1v) is 6.66. The summed E-state index contributed by atoms with van der Waals surface area (Å²) < 4.78 is 5.41. The summed E-state index contributed by atoms with van der Waals surface area (Å²) in [6.45, 7) is 0. The number of nitrogens with two attached hydrogens (primary N) is 1. The third-order valence-electron chi connectivity index (χ3n) is 3.43. The zero-order chi connectivity index (χ0) is 14.5. The topological polar surface area (TPSA) is 72.5 Å². The van der Waals surface area contributed by atoms with Crippen molar-refractivity contribution >= 4 is 16.7 Å². The van der Waals surface area contributed by atoms with E-state index in [1.807, 2.05) is 36.4 Å². The average Bonchev–Trinajstić information content (AvgIpc) is 2.45. The molecule has 2 aromatic rings. The first-order chi connectivity index (χ1) is 9.63. The molecule has 4 nitrogen and oxygen atoms in total. The van der Waals surface area contributed by atoms with Crippen molar-refractivity contribution in [1.29, 1.82) is 0 Å². The van der Waals surface area contributed by atoms with Crippen molar-refractivity contribution < 1.29 is 14.6 Å².